The summed E-state index contributed by atoms with van der Waals surface area (Å²) >= 11 is 1.73. The summed E-state index contributed by atoms with van der Waals surface area (Å²) in [5, 5.41) is 8.75. The van der Waals surface area contributed by atoms with Gasteiger partial charge in [0.1, 0.15) is 0 Å². The van der Waals surface area contributed by atoms with E-state index in [1.54, 1.807) is 18.4 Å². The number of rotatable bonds is 6. The van der Waals surface area contributed by atoms with Crippen LogP contribution in [0, 0.1) is 0 Å². The molecule has 1 unspecified atom stereocenters. The second kappa shape index (κ2) is 10.7. The average molecular weight is 498 g/mol. The number of benzene rings is 1. The van der Waals surface area contributed by atoms with Crippen LogP contribution in [-0.2, 0) is 17.9 Å². The number of aliphatic imine (C=N–C) groups is 1. The minimum absolute atomic E-state index is 0. The first kappa shape index (κ1) is 21.7. The summed E-state index contributed by atoms with van der Waals surface area (Å²) < 4.78 is 0. The molecule has 0 saturated carbocycles. The second-order valence-corrected chi connectivity index (χ2v) is 7.48. The van der Waals surface area contributed by atoms with E-state index < -0.39 is 0 Å². The summed E-state index contributed by atoms with van der Waals surface area (Å²) in [6.07, 6.45) is 1.35. The first-order valence-electron chi connectivity index (χ1n) is 9.02. The van der Waals surface area contributed by atoms with E-state index in [-0.39, 0.29) is 35.9 Å². The summed E-state index contributed by atoms with van der Waals surface area (Å²) in [5.74, 6) is 0.991. The zero-order chi connectivity index (χ0) is 18.4. The topological polar surface area (TPSA) is 56.7 Å². The molecule has 146 valence electrons. The molecule has 0 bridgehead atoms. The van der Waals surface area contributed by atoms with E-state index in [1.165, 1.54) is 16.0 Å². The molecule has 1 atom stereocenters. The molecule has 27 heavy (non-hydrogen) atoms. The summed E-state index contributed by atoms with van der Waals surface area (Å²) in [5.41, 5.74) is 2.54. The number of carbonyl (C=O) groups excluding carboxylic acids is 1. The van der Waals surface area contributed by atoms with Crippen molar-refractivity contribution >= 4 is 47.2 Å². The second-order valence-electron chi connectivity index (χ2n) is 6.50. The predicted molar refractivity (Wildman–Crippen MR) is 123 cm³/mol. The van der Waals surface area contributed by atoms with Crippen LogP contribution in [0.4, 0.5) is 0 Å². The number of nitrogens with one attached hydrogen (secondary N) is 2. The van der Waals surface area contributed by atoms with Gasteiger partial charge in [-0.25, -0.2) is 0 Å². The Bertz CT molecular complexity index is 738. The first-order chi connectivity index (χ1) is 12.7. The van der Waals surface area contributed by atoms with Crippen LogP contribution in [-0.4, -0.2) is 30.4 Å². The largest absolute Gasteiger partial charge is 0.356 e. The molecule has 0 saturated heterocycles. The maximum Gasteiger partial charge on any atom is 0.223 e. The highest BCUT2D eigenvalue weighted by Gasteiger charge is 2.22. The SMILES string of the molecule is CN=C(NCCCC(=O)N1Cc2ccccc2C1)NC(C)c1cccs1.I. The quantitative estimate of drug-likeness (QED) is 0.275. The van der Waals surface area contributed by atoms with Crippen molar-refractivity contribution in [1.29, 1.82) is 0 Å². The van der Waals surface area contributed by atoms with Gasteiger partial charge < -0.3 is 15.5 Å². The molecule has 2 heterocycles. The Kier molecular flexibility index (Phi) is 8.56. The smallest absolute Gasteiger partial charge is 0.223 e. The van der Waals surface area contributed by atoms with Crippen molar-refractivity contribution in [3.63, 3.8) is 0 Å². The van der Waals surface area contributed by atoms with Crippen LogP contribution in [0.25, 0.3) is 0 Å². The van der Waals surface area contributed by atoms with Crippen molar-refractivity contribution in [2.24, 2.45) is 4.99 Å². The lowest BCUT2D eigenvalue weighted by Gasteiger charge is -2.18. The minimum Gasteiger partial charge on any atom is -0.356 e. The lowest BCUT2D eigenvalue weighted by molar-refractivity contribution is -0.131. The van der Waals surface area contributed by atoms with Crippen molar-refractivity contribution in [2.45, 2.75) is 38.9 Å². The van der Waals surface area contributed by atoms with E-state index in [0.29, 0.717) is 6.42 Å². The van der Waals surface area contributed by atoms with Crippen LogP contribution in [0.1, 0.15) is 41.8 Å². The fourth-order valence-corrected chi connectivity index (χ4v) is 3.86. The van der Waals surface area contributed by atoms with Crippen LogP contribution < -0.4 is 10.6 Å². The Morgan fingerprint density at radius 1 is 1.22 bits per heavy atom. The van der Waals surface area contributed by atoms with E-state index in [9.17, 15) is 4.79 Å². The molecule has 1 aromatic carbocycles. The van der Waals surface area contributed by atoms with Gasteiger partial charge in [0.05, 0.1) is 6.04 Å². The number of thiophene rings is 1. The molecule has 5 nitrogen and oxygen atoms in total. The summed E-state index contributed by atoms with van der Waals surface area (Å²) in [6.45, 7) is 4.32. The zero-order valence-corrected chi connectivity index (χ0v) is 18.9. The molecule has 0 fully saturated rings. The Balaban J connectivity index is 0.00000261. The van der Waals surface area contributed by atoms with Gasteiger partial charge in [-0.15, -0.1) is 35.3 Å². The number of fused-ring (bicyclic) bond motifs is 1. The monoisotopic (exact) mass is 498 g/mol. The number of halogens is 1. The normalized spacial score (nSPS) is 14.3. The Labute approximate surface area is 182 Å². The van der Waals surface area contributed by atoms with Crippen molar-refractivity contribution in [2.75, 3.05) is 13.6 Å². The number of carbonyl (C=O) groups is 1. The Morgan fingerprint density at radius 2 is 1.93 bits per heavy atom. The fraction of sp³-hybridized carbons (Fsp3) is 0.400. The lowest BCUT2D eigenvalue weighted by atomic mass is 10.1. The first-order valence-corrected chi connectivity index (χ1v) is 9.90. The van der Waals surface area contributed by atoms with Gasteiger partial charge in [-0.05, 0) is 35.9 Å². The van der Waals surface area contributed by atoms with Gasteiger partial charge in [0.25, 0.3) is 0 Å². The van der Waals surface area contributed by atoms with E-state index in [2.05, 4.69) is 52.2 Å². The third kappa shape index (κ3) is 5.93. The van der Waals surface area contributed by atoms with Crippen LogP contribution in [0.15, 0.2) is 46.8 Å². The molecule has 3 rings (SSSR count). The molecular weight excluding hydrogens is 471 g/mol. The lowest BCUT2D eigenvalue weighted by Crippen LogP contribution is -2.39. The van der Waals surface area contributed by atoms with Gasteiger partial charge in [0.15, 0.2) is 5.96 Å². The molecule has 7 heteroatoms. The van der Waals surface area contributed by atoms with E-state index in [4.69, 9.17) is 0 Å². The Hall–Kier alpha value is -1.61. The number of hydrogen-bond donors (Lipinski definition) is 2. The molecule has 0 radical (unpaired) electrons. The van der Waals surface area contributed by atoms with Crippen molar-refractivity contribution in [3.8, 4) is 0 Å². The summed E-state index contributed by atoms with van der Waals surface area (Å²) in [4.78, 5) is 19.9. The van der Waals surface area contributed by atoms with E-state index in [1.807, 2.05) is 17.0 Å². The maximum absolute atomic E-state index is 12.4. The zero-order valence-electron chi connectivity index (χ0n) is 15.8. The molecule has 0 aliphatic carbocycles. The number of amides is 1. The Morgan fingerprint density at radius 3 is 2.52 bits per heavy atom. The fourth-order valence-electron chi connectivity index (χ4n) is 3.12. The van der Waals surface area contributed by atoms with E-state index in [0.717, 1.165) is 32.0 Å². The highest BCUT2D eigenvalue weighted by Crippen LogP contribution is 2.23. The molecule has 1 aromatic heterocycles. The summed E-state index contributed by atoms with van der Waals surface area (Å²) in [6, 6.07) is 12.7. The van der Waals surface area contributed by atoms with Crippen molar-refractivity contribution in [1.82, 2.24) is 15.5 Å². The molecule has 2 aromatic rings. The van der Waals surface area contributed by atoms with Crippen molar-refractivity contribution < 1.29 is 4.79 Å². The van der Waals surface area contributed by atoms with Gasteiger partial charge in [0, 0.05) is 38.0 Å². The van der Waals surface area contributed by atoms with Crippen LogP contribution in [0.5, 0.6) is 0 Å². The third-order valence-corrected chi connectivity index (χ3v) is 5.66. The molecule has 2 N–H and O–H groups in total. The highest BCUT2D eigenvalue weighted by molar-refractivity contribution is 14.0. The van der Waals surface area contributed by atoms with Crippen LogP contribution in [0.3, 0.4) is 0 Å². The van der Waals surface area contributed by atoms with Gasteiger partial charge >= 0.3 is 0 Å². The van der Waals surface area contributed by atoms with Gasteiger partial charge in [0.2, 0.25) is 5.91 Å². The van der Waals surface area contributed by atoms with Crippen LogP contribution >= 0.6 is 35.3 Å². The van der Waals surface area contributed by atoms with Crippen LogP contribution in [0.2, 0.25) is 0 Å². The minimum atomic E-state index is 0. The predicted octanol–water partition coefficient (Wildman–Crippen LogP) is 3.91. The average Bonchev–Trinajstić information content (AvgIpc) is 3.33. The third-order valence-electron chi connectivity index (χ3n) is 4.60. The van der Waals surface area contributed by atoms with Gasteiger partial charge in [-0.3, -0.25) is 9.79 Å². The number of guanidine groups is 1. The molecule has 1 aliphatic rings. The van der Waals surface area contributed by atoms with Crippen molar-refractivity contribution in [3.05, 3.63) is 57.8 Å². The number of nitrogens with zero attached hydrogens (tertiary/aromatic N) is 2. The highest BCUT2D eigenvalue weighted by atomic mass is 127. The maximum atomic E-state index is 12.4. The molecule has 1 amide bonds. The summed E-state index contributed by atoms with van der Waals surface area (Å²) in [7, 11) is 1.77. The molecular formula is C20H27IN4OS. The molecule has 1 aliphatic heterocycles. The number of hydrogen-bond acceptors (Lipinski definition) is 3. The molecule has 0 spiro atoms. The standard InChI is InChI=1S/C20H26N4OS.HI/c1-15(18-9-6-12-26-18)23-20(21-2)22-11-5-10-19(25)24-13-16-7-3-4-8-17(16)14-24;/h3-4,6-9,12,15H,5,10-11,13-14H2,1-2H3,(H2,21,22,23);1H. The van der Waals surface area contributed by atoms with E-state index >= 15 is 0 Å². The van der Waals surface area contributed by atoms with Gasteiger partial charge in [-0.1, -0.05) is 30.3 Å². The van der Waals surface area contributed by atoms with Gasteiger partial charge in [-0.2, -0.15) is 0 Å².